The van der Waals surface area contributed by atoms with Crippen LogP contribution in [0.5, 0.6) is 0 Å². The highest BCUT2D eigenvalue weighted by atomic mass is 19.3. The van der Waals surface area contributed by atoms with Crippen molar-refractivity contribution in [1.82, 2.24) is 10.2 Å². The van der Waals surface area contributed by atoms with E-state index in [1.807, 2.05) is 6.92 Å². The minimum absolute atomic E-state index is 0.0895. The van der Waals surface area contributed by atoms with Crippen LogP contribution in [0.1, 0.15) is 31.7 Å². The number of hydrogen-bond acceptors (Lipinski definition) is 2. The first kappa shape index (κ1) is 15.9. The minimum Gasteiger partial charge on any atom is -0.334 e. The molecule has 5 heteroatoms. The SMILES string of the molecule is CCCN(C(=O)C(F)(F)c1ccccc1)C1CCNCC1. The van der Waals surface area contributed by atoms with E-state index >= 15 is 0 Å². The van der Waals surface area contributed by atoms with Gasteiger partial charge in [-0.15, -0.1) is 0 Å². The molecule has 0 radical (unpaired) electrons. The Labute approximate surface area is 124 Å². The summed E-state index contributed by atoms with van der Waals surface area (Å²) < 4.78 is 28.9. The molecule has 1 aromatic rings. The van der Waals surface area contributed by atoms with Gasteiger partial charge in [0, 0.05) is 18.2 Å². The first-order valence-corrected chi connectivity index (χ1v) is 7.52. The molecule has 0 unspecified atom stereocenters. The topological polar surface area (TPSA) is 32.3 Å². The highest BCUT2D eigenvalue weighted by Gasteiger charge is 2.45. The first-order valence-electron chi connectivity index (χ1n) is 7.52. The van der Waals surface area contributed by atoms with E-state index in [-0.39, 0.29) is 11.6 Å². The number of amides is 1. The number of nitrogens with one attached hydrogen (secondary N) is 1. The zero-order valence-corrected chi connectivity index (χ0v) is 12.3. The molecule has 0 spiro atoms. The van der Waals surface area contributed by atoms with Crippen molar-refractivity contribution in [2.75, 3.05) is 19.6 Å². The van der Waals surface area contributed by atoms with Crippen molar-refractivity contribution in [2.45, 2.75) is 38.2 Å². The van der Waals surface area contributed by atoms with Crippen molar-refractivity contribution >= 4 is 5.91 Å². The summed E-state index contributed by atoms with van der Waals surface area (Å²) in [6.07, 6.45) is 2.15. The van der Waals surface area contributed by atoms with Gasteiger partial charge < -0.3 is 10.2 Å². The van der Waals surface area contributed by atoms with Gasteiger partial charge in [-0.1, -0.05) is 37.3 Å². The number of piperidine rings is 1. The number of benzene rings is 1. The summed E-state index contributed by atoms with van der Waals surface area (Å²) in [5, 5.41) is 3.20. The maximum absolute atomic E-state index is 14.5. The Morgan fingerprint density at radius 1 is 1.29 bits per heavy atom. The fourth-order valence-electron chi connectivity index (χ4n) is 2.76. The van der Waals surface area contributed by atoms with E-state index in [1.165, 1.54) is 29.2 Å². The molecule has 1 aliphatic rings. The highest BCUT2D eigenvalue weighted by molar-refractivity contribution is 5.85. The van der Waals surface area contributed by atoms with Gasteiger partial charge in [0.05, 0.1) is 0 Å². The van der Waals surface area contributed by atoms with Crippen LogP contribution in [0.4, 0.5) is 8.78 Å². The van der Waals surface area contributed by atoms with Gasteiger partial charge in [0.25, 0.3) is 5.91 Å². The Bertz CT molecular complexity index is 459. The molecular weight excluding hydrogens is 274 g/mol. The van der Waals surface area contributed by atoms with Crippen molar-refractivity contribution in [1.29, 1.82) is 0 Å². The predicted molar refractivity (Wildman–Crippen MR) is 78.2 cm³/mol. The number of alkyl halides is 2. The van der Waals surface area contributed by atoms with Crippen LogP contribution in [0, 0.1) is 0 Å². The van der Waals surface area contributed by atoms with Gasteiger partial charge in [-0.25, -0.2) is 0 Å². The minimum atomic E-state index is -3.46. The lowest BCUT2D eigenvalue weighted by molar-refractivity contribution is -0.162. The van der Waals surface area contributed by atoms with Gasteiger partial charge in [-0.3, -0.25) is 4.79 Å². The van der Waals surface area contributed by atoms with Gasteiger partial charge >= 0.3 is 5.92 Å². The third kappa shape index (κ3) is 3.59. The van der Waals surface area contributed by atoms with E-state index in [4.69, 9.17) is 0 Å². The summed E-state index contributed by atoms with van der Waals surface area (Å²) in [4.78, 5) is 13.8. The van der Waals surface area contributed by atoms with E-state index in [2.05, 4.69) is 5.32 Å². The van der Waals surface area contributed by atoms with Crippen LogP contribution in [0.15, 0.2) is 30.3 Å². The Balaban J connectivity index is 2.20. The van der Waals surface area contributed by atoms with E-state index in [0.29, 0.717) is 13.0 Å². The molecule has 116 valence electrons. The van der Waals surface area contributed by atoms with Crippen LogP contribution >= 0.6 is 0 Å². The van der Waals surface area contributed by atoms with Gasteiger partial charge in [-0.05, 0) is 32.4 Å². The molecule has 1 saturated heterocycles. The van der Waals surface area contributed by atoms with Gasteiger partial charge in [0.2, 0.25) is 0 Å². The average molecular weight is 296 g/mol. The number of rotatable bonds is 5. The Morgan fingerprint density at radius 3 is 2.48 bits per heavy atom. The van der Waals surface area contributed by atoms with Crippen LogP contribution in [0.2, 0.25) is 0 Å². The smallest absolute Gasteiger partial charge is 0.334 e. The van der Waals surface area contributed by atoms with Crippen molar-refractivity contribution in [3.05, 3.63) is 35.9 Å². The van der Waals surface area contributed by atoms with E-state index in [1.54, 1.807) is 6.07 Å². The van der Waals surface area contributed by atoms with Crippen molar-refractivity contribution in [3.63, 3.8) is 0 Å². The second-order valence-corrected chi connectivity index (χ2v) is 5.42. The molecule has 0 saturated carbocycles. The Morgan fingerprint density at radius 2 is 1.90 bits per heavy atom. The molecule has 2 rings (SSSR count). The number of halogens is 2. The summed E-state index contributed by atoms with van der Waals surface area (Å²) in [5.41, 5.74) is -0.231. The standard InChI is InChI=1S/C16H22F2N2O/c1-2-12-20(14-8-10-19-11-9-14)15(21)16(17,18)13-6-4-3-5-7-13/h3-7,14,19H,2,8-12H2,1H3. The molecule has 1 aromatic carbocycles. The molecule has 3 nitrogen and oxygen atoms in total. The quantitative estimate of drug-likeness (QED) is 0.906. The molecule has 0 bridgehead atoms. The monoisotopic (exact) mass is 296 g/mol. The van der Waals surface area contributed by atoms with Crippen LogP contribution < -0.4 is 5.32 Å². The number of carbonyl (C=O) groups is 1. The lowest BCUT2D eigenvalue weighted by Crippen LogP contribution is -2.51. The second kappa shape index (κ2) is 6.98. The first-order chi connectivity index (χ1) is 10.1. The van der Waals surface area contributed by atoms with Crippen molar-refractivity contribution in [2.24, 2.45) is 0 Å². The van der Waals surface area contributed by atoms with E-state index < -0.39 is 11.8 Å². The van der Waals surface area contributed by atoms with Gasteiger partial charge in [0.1, 0.15) is 0 Å². The van der Waals surface area contributed by atoms with Crippen LogP contribution in [-0.2, 0) is 10.7 Å². The van der Waals surface area contributed by atoms with Crippen LogP contribution in [-0.4, -0.2) is 36.5 Å². The third-order valence-corrected chi connectivity index (χ3v) is 3.88. The molecule has 1 heterocycles. The second-order valence-electron chi connectivity index (χ2n) is 5.42. The normalized spacial score (nSPS) is 16.7. The lowest BCUT2D eigenvalue weighted by Gasteiger charge is -2.36. The maximum atomic E-state index is 14.5. The fourth-order valence-corrected chi connectivity index (χ4v) is 2.76. The molecule has 0 aliphatic carbocycles. The summed E-state index contributed by atoms with van der Waals surface area (Å²) >= 11 is 0. The van der Waals surface area contributed by atoms with Crippen LogP contribution in [0.25, 0.3) is 0 Å². The molecule has 1 fully saturated rings. The van der Waals surface area contributed by atoms with Crippen molar-refractivity contribution in [3.8, 4) is 0 Å². The van der Waals surface area contributed by atoms with Crippen LogP contribution in [0.3, 0.4) is 0 Å². The number of hydrogen-bond donors (Lipinski definition) is 1. The predicted octanol–water partition coefficient (Wildman–Crippen LogP) is 2.77. The molecule has 1 N–H and O–H groups in total. The maximum Gasteiger partial charge on any atom is 0.349 e. The molecule has 21 heavy (non-hydrogen) atoms. The highest BCUT2D eigenvalue weighted by Crippen LogP contribution is 2.31. The van der Waals surface area contributed by atoms with Gasteiger partial charge in [-0.2, -0.15) is 8.78 Å². The summed E-state index contributed by atoms with van der Waals surface area (Å²) in [6, 6.07) is 7.26. The fraction of sp³-hybridized carbons (Fsp3) is 0.562. The van der Waals surface area contributed by atoms with Crippen molar-refractivity contribution < 1.29 is 13.6 Å². The van der Waals surface area contributed by atoms with Gasteiger partial charge in [0.15, 0.2) is 0 Å². The largest absolute Gasteiger partial charge is 0.349 e. The summed E-state index contributed by atoms with van der Waals surface area (Å²) in [7, 11) is 0. The molecule has 1 amide bonds. The Hall–Kier alpha value is -1.49. The Kier molecular flexibility index (Phi) is 5.28. The number of carbonyl (C=O) groups excluding carboxylic acids is 1. The average Bonchev–Trinajstić information content (AvgIpc) is 2.53. The summed E-state index contributed by atoms with van der Waals surface area (Å²) in [5.74, 6) is -4.52. The molecule has 1 aliphatic heterocycles. The molecule has 0 atom stereocenters. The van der Waals surface area contributed by atoms with E-state index in [0.717, 1.165) is 25.9 Å². The lowest BCUT2D eigenvalue weighted by atomic mass is 10.0. The zero-order valence-electron chi connectivity index (χ0n) is 12.3. The van der Waals surface area contributed by atoms with E-state index in [9.17, 15) is 13.6 Å². The molecular formula is C16H22F2N2O. The zero-order chi connectivity index (χ0) is 15.3. The number of nitrogens with zero attached hydrogens (tertiary/aromatic N) is 1. The summed E-state index contributed by atoms with van der Waals surface area (Å²) in [6.45, 7) is 3.83. The molecule has 0 aromatic heterocycles. The third-order valence-electron chi connectivity index (χ3n) is 3.88.